The van der Waals surface area contributed by atoms with Crippen molar-refractivity contribution in [1.29, 1.82) is 0 Å². The predicted molar refractivity (Wildman–Crippen MR) is 91.7 cm³/mol. The SMILES string of the molecule is CCCOc1cc(S(=O)(=O)N2CCCCC2CC)ccc1Br. The van der Waals surface area contributed by atoms with Gasteiger partial charge in [-0.25, -0.2) is 8.42 Å². The van der Waals surface area contributed by atoms with Gasteiger partial charge in [-0.05, 0) is 53.7 Å². The first-order valence-electron chi connectivity index (χ1n) is 7.94. The smallest absolute Gasteiger partial charge is 0.243 e. The molecule has 1 aliphatic heterocycles. The highest BCUT2D eigenvalue weighted by Gasteiger charge is 2.32. The largest absolute Gasteiger partial charge is 0.492 e. The van der Waals surface area contributed by atoms with E-state index in [-0.39, 0.29) is 6.04 Å². The molecule has 4 nitrogen and oxygen atoms in total. The molecule has 1 saturated heterocycles. The molecule has 0 spiro atoms. The number of rotatable bonds is 6. The third-order valence-electron chi connectivity index (χ3n) is 4.02. The van der Waals surface area contributed by atoms with Gasteiger partial charge in [0, 0.05) is 18.7 Å². The average Bonchev–Trinajstić information content (AvgIpc) is 2.53. The Hall–Kier alpha value is -0.590. The molecule has 0 amide bonds. The van der Waals surface area contributed by atoms with Gasteiger partial charge in [0.05, 0.1) is 16.0 Å². The topological polar surface area (TPSA) is 46.6 Å². The summed E-state index contributed by atoms with van der Waals surface area (Å²) >= 11 is 3.42. The monoisotopic (exact) mass is 389 g/mol. The third-order valence-corrected chi connectivity index (χ3v) is 6.62. The fourth-order valence-corrected chi connectivity index (χ4v) is 4.94. The first-order chi connectivity index (χ1) is 10.5. The molecule has 2 rings (SSSR count). The Labute approximate surface area is 142 Å². The van der Waals surface area contributed by atoms with Gasteiger partial charge in [0.1, 0.15) is 5.75 Å². The lowest BCUT2D eigenvalue weighted by molar-refractivity contribution is 0.246. The second-order valence-electron chi connectivity index (χ2n) is 5.61. The van der Waals surface area contributed by atoms with Gasteiger partial charge in [0.15, 0.2) is 0 Å². The maximum Gasteiger partial charge on any atom is 0.243 e. The molecule has 1 fully saturated rings. The summed E-state index contributed by atoms with van der Waals surface area (Å²) in [4.78, 5) is 0.321. The van der Waals surface area contributed by atoms with Crippen LogP contribution in [0.5, 0.6) is 5.75 Å². The minimum atomic E-state index is -3.46. The van der Waals surface area contributed by atoms with Gasteiger partial charge < -0.3 is 4.74 Å². The van der Waals surface area contributed by atoms with E-state index in [1.54, 1.807) is 22.5 Å². The van der Waals surface area contributed by atoms with E-state index < -0.39 is 10.0 Å². The number of piperidine rings is 1. The molecule has 0 N–H and O–H groups in total. The fraction of sp³-hybridized carbons (Fsp3) is 0.625. The minimum absolute atomic E-state index is 0.113. The highest BCUT2D eigenvalue weighted by atomic mass is 79.9. The first kappa shape index (κ1) is 17.8. The van der Waals surface area contributed by atoms with Crippen LogP contribution in [0, 0.1) is 0 Å². The zero-order chi connectivity index (χ0) is 16.2. The van der Waals surface area contributed by atoms with E-state index in [2.05, 4.69) is 22.9 Å². The van der Waals surface area contributed by atoms with Gasteiger partial charge in [-0.2, -0.15) is 4.31 Å². The van der Waals surface area contributed by atoms with Crippen molar-refractivity contribution in [1.82, 2.24) is 4.31 Å². The van der Waals surface area contributed by atoms with Gasteiger partial charge in [0.2, 0.25) is 10.0 Å². The molecule has 1 aromatic carbocycles. The average molecular weight is 390 g/mol. The molecule has 1 atom stereocenters. The van der Waals surface area contributed by atoms with Crippen molar-refractivity contribution >= 4 is 26.0 Å². The van der Waals surface area contributed by atoms with Gasteiger partial charge in [-0.15, -0.1) is 0 Å². The summed E-state index contributed by atoms with van der Waals surface area (Å²) in [5.74, 6) is 0.591. The molecule has 0 saturated carbocycles. The summed E-state index contributed by atoms with van der Waals surface area (Å²) in [7, 11) is -3.46. The van der Waals surface area contributed by atoms with Crippen molar-refractivity contribution in [3.8, 4) is 5.75 Å². The second-order valence-corrected chi connectivity index (χ2v) is 8.36. The van der Waals surface area contributed by atoms with Crippen LogP contribution in [0.25, 0.3) is 0 Å². The molecule has 1 unspecified atom stereocenters. The summed E-state index contributed by atoms with van der Waals surface area (Å²) in [6, 6.07) is 5.15. The van der Waals surface area contributed by atoms with Gasteiger partial charge in [-0.1, -0.05) is 20.3 Å². The van der Waals surface area contributed by atoms with Crippen molar-refractivity contribution in [2.75, 3.05) is 13.2 Å². The Morgan fingerprint density at radius 2 is 2.09 bits per heavy atom. The molecule has 6 heteroatoms. The zero-order valence-electron chi connectivity index (χ0n) is 13.2. The quantitative estimate of drug-likeness (QED) is 0.732. The van der Waals surface area contributed by atoms with Crippen LogP contribution in [-0.4, -0.2) is 31.9 Å². The molecule has 1 aromatic rings. The summed E-state index contributed by atoms with van der Waals surface area (Å²) in [6.07, 6.45) is 4.73. The van der Waals surface area contributed by atoms with E-state index in [4.69, 9.17) is 4.74 Å². The van der Waals surface area contributed by atoms with Gasteiger partial charge in [-0.3, -0.25) is 0 Å². The molecular formula is C16H24BrNO3S. The lowest BCUT2D eigenvalue weighted by Gasteiger charge is -2.34. The van der Waals surface area contributed by atoms with Crippen LogP contribution in [0.4, 0.5) is 0 Å². The zero-order valence-corrected chi connectivity index (χ0v) is 15.6. The molecule has 1 aliphatic rings. The molecule has 0 aliphatic carbocycles. The van der Waals surface area contributed by atoms with Crippen molar-refractivity contribution in [2.24, 2.45) is 0 Å². The number of ether oxygens (including phenoxy) is 1. The number of hydrogen-bond donors (Lipinski definition) is 0. The number of halogens is 1. The van der Waals surface area contributed by atoms with Crippen molar-refractivity contribution in [3.63, 3.8) is 0 Å². The maximum absolute atomic E-state index is 12.9. The summed E-state index contributed by atoms with van der Waals surface area (Å²) < 4.78 is 34.0. The highest BCUT2D eigenvalue weighted by Crippen LogP contribution is 2.32. The van der Waals surface area contributed by atoms with Crippen LogP contribution in [0.15, 0.2) is 27.6 Å². The molecule has 22 heavy (non-hydrogen) atoms. The van der Waals surface area contributed by atoms with E-state index in [1.807, 2.05) is 6.92 Å². The molecule has 0 radical (unpaired) electrons. The summed E-state index contributed by atoms with van der Waals surface area (Å²) in [5.41, 5.74) is 0. The Morgan fingerprint density at radius 3 is 2.77 bits per heavy atom. The predicted octanol–water partition coefficient (Wildman–Crippen LogP) is 4.19. The van der Waals surface area contributed by atoms with E-state index in [0.717, 1.165) is 36.6 Å². The van der Waals surface area contributed by atoms with E-state index in [9.17, 15) is 8.42 Å². The van der Waals surface area contributed by atoms with Crippen LogP contribution in [0.3, 0.4) is 0 Å². The Bertz CT molecular complexity index is 603. The number of sulfonamides is 1. The molecule has 0 aromatic heterocycles. The van der Waals surface area contributed by atoms with Crippen LogP contribution in [0.1, 0.15) is 46.0 Å². The third kappa shape index (κ3) is 3.84. The molecule has 0 bridgehead atoms. The molecular weight excluding hydrogens is 366 g/mol. The molecule has 124 valence electrons. The Balaban J connectivity index is 2.32. The van der Waals surface area contributed by atoms with E-state index in [0.29, 0.717) is 23.8 Å². The molecule has 1 heterocycles. The van der Waals surface area contributed by atoms with Crippen LogP contribution >= 0.6 is 15.9 Å². The van der Waals surface area contributed by atoms with Gasteiger partial charge in [0.25, 0.3) is 0 Å². The Morgan fingerprint density at radius 1 is 1.32 bits per heavy atom. The van der Waals surface area contributed by atoms with Crippen molar-refractivity contribution in [3.05, 3.63) is 22.7 Å². The van der Waals surface area contributed by atoms with E-state index in [1.165, 1.54) is 0 Å². The lowest BCUT2D eigenvalue weighted by atomic mass is 10.0. The minimum Gasteiger partial charge on any atom is -0.492 e. The van der Waals surface area contributed by atoms with Crippen LogP contribution in [0.2, 0.25) is 0 Å². The van der Waals surface area contributed by atoms with Crippen molar-refractivity contribution < 1.29 is 13.2 Å². The van der Waals surface area contributed by atoms with Gasteiger partial charge >= 0.3 is 0 Å². The number of benzene rings is 1. The number of nitrogens with zero attached hydrogens (tertiary/aromatic N) is 1. The lowest BCUT2D eigenvalue weighted by Crippen LogP contribution is -2.43. The Kier molecular flexibility index (Phi) is 6.29. The summed E-state index contributed by atoms with van der Waals surface area (Å²) in [6.45, 7) is 5.26. The standard InChI is InChI=1S/C16H24BrNO3S/c1-3-11-21-16-12-14(8-9-15(16)17)22(19,20)18-10-6-5-7-13(18)4-2/h8-9,12-13H,3-7,10-11H2,1-2H3. The van der Waals surface area contributed by atoms with Crippen molar-refractivity contribution in [2.45, 2.75) is 56.9 Å². The van der Waals surface area contributed by atoms with E-state index >= 15 is 0 Å². The number of hydrogen-bond acceptors (Lipinski definition) is 3. The van der Waals surface area contributed by atoms with Crippen LogP contribution < -0.4 is 4.74 Å². The first-order valence-corrected chi connectivity index (χ1v) is 10.2. The second kappa shape index (κ2) is 7.79. The fourth-order valence-electron chi connectivity index (χ4n) is 2.80. The van der Waals surface area contributed by atoms with Crippen LogP contribution in [-0.2, 0) is 10.0 Å². The normalized spacial score (nSPS) is 20.0. The highest BCUT2D eigenvalue weighted by molar-refractivity contribution is 9.10. The summed E-state index contributed by atoms with van der Waals surface area (Å²) in [5, 5.41) is 0. The maximum atomic E-state index is 12.9.